The van der Waals surface area contributed by atoms with Gasteiger partial charge in [0.15, 0.2) is 12.6 Å². The number of morpholine rings is 1. The van der Waals surface area contributed by atoms with Crippen LogP contribution in [0.5, 0.6) is 0 Å². The molecule has 0 radical (unpaired) electrons. The molecule has 0 bridgehead atoms. The van der Waals surface area contributed by atoms with E-state index in [1.54, 1.807) is 12.1 Å². The average Bonchev–Trinajstić information content (AvgIpc) is 2.94. The standard InChI is InChI=1S/C14H15F2N5O3/c15-12-7-23-8-13(16)21(12)10-3-1-9(2-4-10)20-6-11(5-18-19-17)24-14(20)22/h1-4,11-13H,5-8H2/t11-,12-,13-/m0/s1. The third kappa shape index (κ3) is 3.19. The number of hydrogen-bond acceptors (Lipinski definition) is 5. The maximum absolute atomic E-state index is 13.9. The number of ether oxygens (including phenoxy) is 2. The average molecular weight is 339 g/mol. The van der Waals surface area contributed by atoms with Crippen LogP contribution in [0.25, 0.3) is 10.4 Å². The molecule has 0 saturated carbocycles. The van der Waals surface area contributed by atoms with Crippen LogP contribution in [-0.4, -0.2) is 51.1 Å². The van der Waals surface area contributed by atoms with Crippen molar-refractivity contribution in [2.75, 3.05) is 36.1 Å². The number of anilines is 2. The van der Waals surface area contributed by atoms with Gasteiger partial charge in [0.25, 0.3) is 0 Å². The lowest BCUT2D eigenvalue weighted by Crippen LogP contribution is -2.48. The summed E-state index contributed by atoms with van der Waals surface area (Å²) in [5, 5.41) is 3.38. The van der Waals surface area contributed by atoms with Gasteiger partial charge in [-0.05, 0) is 29.8 Å². The molecule has 1 aromatic rings. The van der Waals surface area contributed by atoms with Crippen LogP contribution in [0.1, 0.15) is 0 Å². The number of carbonyl (C=O) groups excluding carboxylic acids is 1. The normalized spacial score (nSPS) is 26.9. The van der Waals surface area contributed by atoms with Crippen molar-refractivity contribution in [1.29, 1.82) is 0 Å². The molecule has 0 aromatic heterocycles. The van der Waals surface area contributed by atoms with Gasteiger partial charge in [0.05, 0.1) is 26.3 Å². The number of cyclic esters (lactones) is 1. The maximum atomic E-state index is 13.9. The molecule has 10 heteroatoms. The van der Waals surface area contributed by atoms with Gasteiger partial charge in [-0.2, -0.15) is 0 Å². The molecule has 2 heterocycles. The Balaban J connectivity index is 1.72. The summed E-state index contributed by atoms with van der Waals surface area (Å²) in [5.41, 5.74) is 9.20. The predicted molar refractivity (Wildman–Crippen MR) is 81.2 cm³/mol. The molecule has 2 saturated heterocycles. The molecule has 2 aliphatic rings. The van der Waals surface area contributed by atoms with Gasteiger partial charge in [0, 0.05) is 16.3 Å². The van der Waals surface area contributed by atoms with Gasteiger partial charge in [0.1, 0.15) is 6.10 Å². The zero-order valence-corrected chi connectivity index (χ0v) is 12.6. The number of hydrogen-bond donors (Lipinski definition) is 0. The highest BCUT2D eigenvalue weighted by atomic mass is 19.2. The maximum Gasteiger partial charge on any atom is 0.414 e. The molecule has 1 aromatic carbocycles. The largest absolute Gasteiger partial charge is 0.444 e. The second-order valence-electron chi connectivity index (χ2n) is 5.36. The van der Waals surface area contributed by atoms with Crippen molar-refractivity contribution in [2.45, 2.75) is 18.7 Å². The van der Waals surface area contributed by atoms with E-state index in [1.807, 2.05) is 0 Å². The summed E-state index contributed by atoms with van der Waals surface area (Å²) in [6, 6.07) is 6.24. The van der Waals surface area contributed by atoms with E-state index in [4.69, 9.17) is 15.0 Å². The number of nitrogens with zero attached hydrogens (tertiary/aromatic N) is 5. The number of carbonyl (C=O) groups is 1. The first-order valence-electron chi connectivity index (χ1n) is 7.33. The highest BCUT2D eigenvalue weighted by Crippen LogP contribution is 2.29. The summed E-state index contributed by atoms with van der Waals surface area (Å²) in [5.74, 6) is 0. The van der Waals surface area contributed by atoms with E-state index < -0.39 is 24.8 Å². The Labute approximate surface area is 136 Å². The molecule has 0 N–H and O–H groups in total. The fourth-order valence-corrected chi connectivity index (χ4v) is 2.68. The number of rotatable bonds is 4. The van der Waals surface area contributed by atoms with Gasteiger partial charge >= 0.3 is 6.09 Å². The van der Waals surface area contributed by atoms with Crippen LogP contribution in [0, 0.1) is 0 Å². The number of benzene rings is 1. The minimum Gasteiger partial charge on any atom is -0.444 e. The van der Waals surface area contributed by atoms with Crippen molar-refractivity contribution >= 4 is 17.5 Å². The van der Waals surface area contributed by atoms with Crippen LogP contribution in [0.2, 0.25) is 0 Å². The van der Waals surface area contributed by atoms with Crippen LogP contribution in [0.3, 0.4) is 0 Å². The SMILES string of the molecule is [N-]=[N+]=NC[C@H]1CN(c2ccc(N3[C@H](F)COC[C@H]3F)cc2)C(=O)O1. The lowest BCUT2D eigenvalue weighted by molar-refractivity contribution is -0.00983. The van der Waals surface area contributed by atoms with Crippen LogP contribution >= 0.6 is 0 Å². The Morgan fingerprint density at radius 1 is 1.21 bits per heavy atom. The van der Waals surface area contributed by atoms with Gasteiger partial charge in [-0.3, -0.25) is 4.90 Å². The molecule has 3 atom stereocenters. The van der Waals surface area contributed by atoms with Crippen LogP contribution in [0.4, 0.5) is 25.0 Å². The third-order valence-corrected chi connectivity index (χ3v) is 3.80. The minimum absolute atomic E-state index is 0.0532. The van der Waals surface area contributed by atoms with Gasteiger partial charge in [-0.25, -0.2) is 13.6 Å². The molecule has 24 heavy (non-hydrogen) atoms. The van der Waals surface area contributed by atoms with E-state index in [0.29, 0.717) is 11.4 Å². The second-order valence-corrected chi connectivity index (χ2v) is 5.36. The summed E-state index contributed by atoms with van der Waals surface area (Å²) < 4.78 is 37.6. The fraction of sp³-hybridized carbons (Fsp3) is 0.500. The summed E-state index contributed by atoms with van der Waals surface area (Å²) in [4.78, 5) is 16.9. The zero-order chi connectivity index (χ0) is 17.1. The zero-order valence-electron chi connectivity index (χ0n) is 12.6. The van der Waals surface area contributed by atoms with Crippen LogP contribution < -0.4 is 9.80 Å². The Hall–Kier alpha value is -2.58. The molecule has 128 valence electrons. The van der Waals surface area contributed by atoms with Crippen LogP contribution in [0.15, 0.2) is 29.4 Å². The van der Waals surface area contributed by atoms with Crippen molar-refractivity contribution in [2.24, 2.45) is 5.11 Å². The van der Waals surface area contributed by atoms with Crippen molar-refractivity contribution in [3.8, 4) is 0 Å². The van der Waals surface area contributed by atoms with E-state index >= 15 is 0 Å². The van der Waals surface area contributed by atoms with E-state index in [1.165, 1.54) is 17.0 Å². The second kappa shape index (κ2) is 6.90. The monoisotopic (exact) mass is 339 g/mol. The highest BCUT2D eigenvalue weighted by molar-refractivity contribution is 5.90. The number of azide groups is 1. The Morgan fingerprint density at radius 3 is 2.46 bits per heavy atom. The lowest BCUT2D eigenvalue weighted by Gasteiger charge is -2.35. The Bertz CT molecular complexity index is 642. The molecule has 1 amide bonds. The van der Waals surface area contributed by atoms with Crippen molar-refractivity contribution in [1.82, 2.24) is 0 Å². The molecular weight excluding hydrogens is 324 g/mol. The van der Waals surface area contributed by atoms with Crippen molar-refractivity contribution in [3.63, 3.8) is 0 Å². The van der Waals surface area contributed by atoms with E-state index in [-0.39, 0.29) is 26.3 Å². The van der Waals surface area contributed by atoms with E-state index in [0.717, 1.165) is 4.90 Å². The molecule has 0 spiro atoms. The molecule has 2 aliphatic heterocycles. The molecule has 2 fully saturated rings. The number of alkyl halides is 2. The van der Waals surface area contributed by atoms with E-state index in [9.17, 15) is 13.6 Å². The van der Waals surface area contributed by atoms with Gasteiger partial charge in [-0.1, -0.05) is 5.11 Å². The molecular formula is C14H15F2N5O3. The number of halogens is 2. The summed E-state index contributed by atoms with van der Waals surface area (Å²) >= 11 is 0. The molecule has 0 aliphatic carbocycles. The molecule has 3 rings (SSSR count). The fourth-order valence-electron chi connectivity index (χ4n) is 2.68. The quantitative estimate of drug-likeness (QED) is 0.365. The highest BCUT2D eigenvalue weighted by Gasteiger charge is 2.33. The topological polar surface area (TPSA) is 90.8 Å². The lowest BCUT2D eigenvalue weighted by atomic mass is 10.2. The summed E-state index contributed by atoms with van der Waals surface area (Å²) in [6.45, 7) is -0.0900. The molecule has 8 nitrogen and oxygen atoms in total. The van der Waals surface area contributed by atoms with E-state index in [2.05, 4.69) is 10.0 Å². The molecule has 0 unspecified atom stereocenters. The first-order chi connectivity index (χ1) is 11.6. The smallest absolute Gasteiger partial charge is 0.414 e. The third-order valence-electron chi connectivity index (χ3n) is 3.80. The first-order valence-corrected chi connectivity index (χ1v) is 7.33. The van der Waals surface area contributed by atoms with Gasteiger partial charge in [-0.15, -0.1) is 0 Å². The Morgan fingerprint density at radius 2 is 1.83 bits per heavy atom. The van der Waals surface area contributed by atoms with Crippen molar-refractivity contribution in [3.05, 3.63) is 34.7 Å². The van der Waals surface area contributed by atoms with Gasteiger partial charge in [0.2, 0.25) is 0 Å². The summed E-state index contributed by atoms with van der Waals surface area (Å²) in [6.07, 6.45) is -4.20. The van der Waals surface area contributed by atoms with Crippen molar-refractivity contribution < 1.29 is 23.0 Å². The summed E-state index contributed by atoms with van der Waals surface area (Å²) in [7, 11) is 0. The Kier molecular flexibility index (Phi) is 4.68. The minimum atomic E-state index is -1.57. The first kappa shape index (κ1) is 16.3. The predicted octanol–water partition coefficient (Wildman–Crippen LogP) is 2.75. The van der Waals surface area contributed by atoms with Gasteiger partial charge < -0.3 is 14.4 Å². The number of amides is 1. The van der Waals surface area contributed by atoms with Crippen LogP contribution in [-0.2, 0) is 9.47 Å².